The second kappa shape index (κ2) is 17.5. The molecule has 0 spiro atoms. The van der Waals surface area contributed by atoms with Crippen LogP contribution >= 0.6 is 0 Å². The molecule has 1 unspecified atom stereocenters. The summed E-state index contributed by atoms with van der Waals surface area (Å²) >= 11 is 0. The van der Waals surface area contributed by atoms with Gasteiger partial charge in [-0.1, -0.05) is 82.8 Å². The van der Waals surface area contributed by atoms with Crippen molar-refractivity contribution >= 4 is 0 Å². The number of allylic oxidation sites excluding steroid dienone is 2. The molecule has 0 aromatic heterocycles. The average Bonchev–Trinajstić information content (AvgIpc) is 3.09. The van der Waals surface area contributed by atoms with Crippen molar-refractivity contribution in [3.8, 4) is 0 Å². The molecule has 3 heteroatoms. The fourth-order valence-electron chi connectivity index (χ4n) is 3.76. The Bertz CT molecular complexity index is 354. The number of rotatable bonds is 18. The lowest BCUT2D eigenvalue weighted by Gasteiger charge is -2.24. The summed E-state index contributed by atoms with van der Waals surface area (Å²) in [6, 6.07) is 0. The van der Waals surface area contributed by atoms with E-state index in [4.69, 9.17) is 5.11 Å². The van der Waals surface area contributed by atoms with E-state index in [1.165, 1.54) is 96.3 Å². The molecule has 1 rings (SSSR count). The van der Waals surface area contributed by atoms with E-state index in [1.54, 1.807) is 0 Å². The van der Waals surface area contributed by atoms with Gasteiger partial charge in [-0.05, 0) is 32.6 Å². The Labute approximate surface area is 162 Å². The van der Waals surface area contributed by atoms with Gasteiger partial charge in [-0.25, -0.2) is 0 Å². The lowest BCUT2D eigenvalue weighted by Crippen LogP contribution is -2.36. The number of aliphatic hydroxyl groups is 1. The normalized spacial score (nSPS) is 16.7. The number of β-amino-alcohol motifs (C(OH)–C–C–N with tert-alkyl or cyclic N) is 1. The zero-order chi connectivity index (χ0) is 18.7. The number of nitrogens with one attached hydrogen (secondary N) is 1. The van der Waals surface area contributed by atoms with E-state index < -0.39 is 0 Å². The molecule has 0 bridgehead atoms. The van der Waals surface area contributed by atoms with Gasteiger partial charge in [-0.2, -0.15) is 0 Å². The van der Waals surface area contributed by atoms with E-state index in [9.17, 15) is 0 Å². The molecule has 3 nitrogen and oxygen atoms in total. The molecule has 0 amide bonds. The Morgan fingerprint density at radius 2 is 1.38 bits per heavy atom. The van der Waals surface area contributed by atoms with Crippen LogP contribution in [0.15, 0.2) is 24.6 Å². The van der Waals surface area contributed by atoms with E-state index in [1.807, 2.05) is 6.20 Å². The smallest absolute Gasteiger partial charge is 0.0982 e. The third-order valence-electron chi connectivity index (χ3n) is 5.40. The molecule has 1 heterocycles. The van der Waals surface area contributed by atoms with E-state index in [0.29, 0.717) is 6.17 Å². The molecule has 0 saturated carbocycles. The SMILES string of the molecule is C/C=C/CCCCCCCCCCCCCCCC1NC=CN1CCO. The lowest BCUT2D eigenvalue weighted by atomic mass is 10.0. The van der Waals surface area contributed by atoms with Crippen molar-refractivity contribution in [3.05, 3.63) is 24.6 Å². The Kier molecular flexibility index (Phi) is 15.5. The summed E-state index contributed by atoms with van der Waals surface area (Å²) in [5.74, 6) is 0. The van der Waals surface area contributed by atoms with Crippen LogP contribution in [-0.2, 0) is 0 Å². The van der Waals surface area contributed by atoms with Gasteiger partial charge in [0.1, 0.15) is 0 Å². The van der Waals surface area contributed by atoms with Crippen molar-refractivity contribution in [2.75, 3.05) is 13.2 Å². The van der Waals surface area contributed by atoms with E-state index >= 15 is 0 Å². The number of hydrogen-bond donors (Lipinski definition) is 2. The highest BCUT2D eigenvalue weighted by Gasteiger charge is 2.16. The topological polar surface area (TPSA) is 35.5 Å². The van der Waals surface area contributed by atoms with Crippen LogP contribution in [-0.4, -0.2) is 29.3 Å². The maximum absolute atomic E-state index is 9.05. The van der Waals surface area contributed by atoms with Crippen LogP contribution < -0.4 is 5.32 Å². The maximum atomic E-state index is 9.05. The van der Waals surface area contributed by atoms with Crippen molar-refractivity contribution in [1.82, 2.24) is 10.2 Å². The third-order valence-corrected chi connectivity index (χ3v) is 5.40. The maximum Gasteiger partial charge on any atom is 0.0982 e. The molecule has 0 aliphatic carbocycles. The van der Waals surface area contributed by atoms with Gasteiger partial charge in [0.15, 0.2) is 0 Å². The Morgan fingerprint density at radius 1 is 0.846 bits per heavy atom. The van der Waals surface area contributed by atoms with Gasteiger partial charge in [-0.3, -0.25) is 0 Å². The second-order valence-corrected chi connectivity index (χ2v) is 7.70. The molecule has 1 atom stereocenters. The van der Waals surface area contributed by atoms with Crippen LogP contribution in [0.2, 0.25) is 0 Å². The Morgan fingerprint density at radius 3 is 1.92 bits per heavy atom. The van der Waals surface area contributed by atoms with Gasteiger partial charge in [0.05, 0.1) is 12.8 Å². The lowest BCUT2D eigenvalue weighted by molar-refractivity contribution is 0.194. The molecule has 26 heavy (non-hydrogen) atoms. The third kappa shape index (κ3) is 12.4. The fraction of sp³-hybridized carbons (Fsp3) is 0.826. The fourth-order valence-corrected chi connectivity index (χ4v) is 3.76. The quantitative estimate of drug-likeness (QED) is 0.227. The van der Waals surface area contributed by atoms with Gasteiger partial charge < -0.3 is 15.3 Å². The molecule has 0 saturated heterocycles. The zero-order valence-corrected chi connectivity index (χ0v) is 17.3. The first-order valence-electron chi connectivity index (χ1n) is 11.3. The molecule has 0 aromatic rings. The summed E-state index contributed by atoms with van der Waals surface area (Å²) in [5.41, 5.74) is 0. The van der Waals surface area contributed by atoms with E-state index in [2.05, 4.69) is 35.5 Å². The van der Waals surface area contributed by atoms with Crippen molar-refractivity contribution in [3.63, 3.8) is 0 Å². The number of unbranched alkanes of at least 4 members (excludes halogenated alkanes) is 13. The molecule has 2 N–H and O–H groups in total. The molecule has 0 fully saturated rings. The molecule has 1 aliphatic heterocycles. The molecule has 152 valence electrons. The number of aliphatic hydroxyl groups excluding tert-OH is 1. The van der Waals surface area contributed by atoms with Crippen LogP contribution in [0.4, 0.5) is 0 Å². The van der Waals surface area contributed by atoms with Crippen LogP contribution in [0, 0.1) is 0 Å². The van der Waals surface area contributed by atoms with Gasteiger partial charge in [0, 0.05) is 18.9 Å². The van der Waals surface area contributed by atoms with Gasteiger partial charge in [-0.15, -0.1) is 0 Å². The van der Waals surface area contributed by atoms with Gasteiger partial charge >= 0.3 is 0 Å². The van der Waals surface area contributed by atoms with Crippen LogP contribution in [0.1, 0.15) is 103 Å². The average molecular weight is 365 g/mol. The Balaban J connectivity index is 1.75. The second-order valence-electron chi connectivity index (χ2n) is 7.70. The predicted molar refractivity (Wildman–Crippen MR) is 114 cm³/mol. The molecule has 0 radical (unpaired) electrons. The summed E-state index contributed by atoms with van der Waals surface area (Å²) in [7, 11) is 0. The van der Waals surface area contributed by atoms with Crippen molar-refractivity contribution in [2.45, 2.75) is 109 Å². The minimum Gasteiger partial charge on any atom is -0.395 e. The predicted octanol–water partition coefficient (Wildman–Crippen LogP) is 6.11. The van der Waals surface area contributed by atoms with Crippen molar-refractivity contribution in [1.29, 1.82) is 0 Å². The zero-order valence-electron chi connectivity index (χ0n) is 17.3. The first kappa shape index (κ1) is 23.1. The molecule has 0 aromatic carbocycles. The minimum atomic E-state index is 0.235. The summed E-state index contributed by atoms with van der Waals surface area (Å²) < 4.78 is 0. The molecular formula is C23H44N2O. The highest BCUT2D eigenvalue weighted by molar-refractivity contribution is 4.93. The van der Waals surface area contributed by atoms with E-state index in [0.717, 1.165) is 6.54 Å². The summed E-state index contributed by atoms with van der Waals surface area (Å²) in [6.45, 7) is 3.09. The van der Waals surface area contributed by atoms with Gasteiger partial charge in [0.2, 0.25) is 0 Å². The molecular weight excluding hydrogens is 320 g/mol. The van der Waals surface area contributed by atoms with Crippen molar-refractivity contribution in [2.24, 2.45) is 0 Å². The summed E-state index contributed by atoms with van der Waals surface area (Å²) in [5, 5.41) is 12.4. The van der Waals surface area contributed by atoms with E-state index in [-0.39, 0.29) is 6.61 Å². The minimum absolute atomic E-state index is 0.235. The Hall–Kier alpha value is -0.960. The monoisotopic (exact) mass is 364 g/mol. The summed E-state index contributed by atoms with van der Waals surface area (Å²) in [6.07, 6.45) is 29.6. The van der Waals surface area contributed by atoms with Crippen molar-refractivity contribution < 1.29 is 5.11 Å². The molecule has 1 aliphatic rings. The standard InChI is InChI=1S/C23H44N2O/c1-2-3-4-5-6-7-8-9-10-11-12-13-14-15-16-17-18-23-24-19-20-25(23)21-22-26/h2-3,19-20,23-24,26H,4-18,21-22H2,1H3/b3-2+. The first-order valence-corrected chi connectivity index (χ1v) is 11.3. The van der Waals surface area contributed by atoms with Crippen LogP contribution in [0.3, 0.4) is 0 Å². The number of nitrogens with zero attached hydrogens (tertiary/aromatic N) is 1. The van der Waals surface area contributed by atoms with Crippen LogP contribution in [0.5, 0.6) is 0 Å². The highest BCUT2D eigenvalue weighted by Crippen LogP contribution is 2.15. The largest absolute Gasteiger partial charge is 0.395 e. The van der Waals surface area contributed by atoms with Crippen LogP contribution in [0.25, 0.3) is 0 Å². The summed E-state index contributed by atoms with van der Waals surface area (Å²) in [4.78, 5) is 2.21. The van der Waals surface area contributed by atoms with Gasteiger partial charge in [0.25, 0.3) is 0 Å². The first-order chi connectivity index (χ1) is 12.9. The number of hydrogen-bond acceptors (Lipinski definition) is 3. The highest BCUT2D eigenvalue weighted by atomic mass is 16.3.